The van der Waals surface area contributed by atoms with Crippen molar-refractivity contribution in [1.29, 1.82) is 0 Å². The molecule has 1 aliphatic rings. The number of benzene rings is 2. The predicted octanol–water partition coefficient (Wildman–Crippen LogP) is 5.42. The molecule has 2 heterocycles. The number of H-pyrrole nitrogens is 1. The van der Waals surface area contributed by atoms with Gasteiger partial charge in [-0.25, -0.2) is 0 Å². The van der Waals surface area contributed by atoms with Crippen molar-refractivity contribution >= 4 is 22.5 Å². The maximum atomic E-state index is 12.5. The SMILES string of the molecule is CCCCc1c(C)c2ccc(OCCCN3CCN(Cc4ccc(Cl)cc4)CC3)cc2[nH]c1=O. The Bertz CT molecular complexity index is 1130. The van der Waals surface area contributed by atoms with E-state index < -0.39 is 0 Å². The molecule has 182 valence electrons. The van der Waals surface area contributed by atoms with Gasteiger partial charge >= 0.3 is 0 Å². The molecule has 5 nitrogen and oxygen atoms in total. The Balaban J connectivity index is 1.22. The molecular formula is C28H36ClN3O2. The lowest BCUT2D eigenvalue weighted by atomic mass is 10.0. The lowest BCUT2D eigenvalue weighted by Crippen LogP contribution is -2.46. The summed E-state index contributed by atoms with van der Waals surface area (Å²) in [5, 5.41) is 1.90. The first kappa shape index (κ1) is 24.8. The number of hydrogen-bond acceptors (Lipinski definition) is 4. The average molecular weight is 482 g/mol. The van der Waals surface area contributed by atoms with Gasteiger partial charge in [0.15, 0.2) is 0 Å². The minimum Gasteiger partial charge on any atom is -0.493 e. The molecule has 0 atom stereocenters. The van der Waals surface area contributed by atoms with Crippen molar-refractivity contribution in [2.24, 2.45) is 0 Å². The van der Waals surface area contributed by atoms with Gasteiger partial charge in [-0.05, 0) is 61.6 Å². The Kier molecular flexibility index (Phi) is 8.65. The number of nitrogens with zero attached hydrogens (tertiary/aromatic N) is 2. The van der Waals surface area contributed by atoms with Crippen LogP contribution in [0.3, 0.4) is 0 Å². The van der Waals surface area contributed by atoms with E-state index in [1.165, 1.54) is 5.56 Å². The molecule has 0 unspecified atom stereocenters. The number of aryl methyl sites for hydroxylation is 1. The topological polar surface area (TPSA) is 48.6 Å². The number of nitrogens with one attached hydrogen (secondary N) is 1. The third kappa shape index (κ3) is 6.41. The highest BCUT2D eigenvalue weighted by molar-refractivity contribution is 6.30. The van der Waals surface area contributed by atoms with E-state index >= 15 is 0 Å². The maximum absolute atomic E-state index is 12.5. The molecule has 1 fully saturated rings. The molecule has 0 bridgehead atoms. The molecule has 0 aliphatic carbocycles. The van der Waals surface area contributed by atoms with E-state index in [2.05, 4.69) is 46.8 Å². The quantitative estimate of drug-likeness (QED) is 0.393. The summed E-state index contributed by atoms with van der Waals surface area (Å²) in [5.74, 6) is 0.816. The number of piperazine rings is 1. The number of unbranched alkanes of at least 4 members (excludes halogenated alkanes) is 1. The molecule has 1 saturated heterocycles. The average Bonchev–Trinajstić information content (AvgIpc) is 2.84. The number of ether oxygens (including phenoxy) is 1. The summed E-state index contributed by atoms with van der Waals surface area (Å²) < 4.78 is 6.02. The molecule has 1 aliphatic heterocycles. The predicted molar refractivity (Wildman–Crippen MR) is 141 cm³/mol. The van der Waals surface area contributed by atoms with E-state index in [1.54, 1.807) is 0 Å². The van der Waals surface area contributed by atoms with Crippen LogP contribution >= 0.6 is 11.6 Å². The van der Waals surface area contributed by atoms with Gasteiger partial charge in [0, 0.05) is 61.3 Å². The number of fused-ring (bicyclic) bond motifs is 1. The summed E-state index contributed by atoms with van der Waals surface area (Å²) in [4.78, 5) is 20.6. The first-order valence-corrected chi connectivity index (χ1v) is 12.9. The molecular weight excluding hydrogens is 446 g/mol. The highest BCUT2D eigenvalue weighted by Crippen LogP contribution is 2.23. The molecule has 0 saturated carbocycles. The number of hydrogen-bond donors (Lipinski definition) is 1. The van der Waals surface area contributed by atoms with Crippen LogP contribution in [0, 0.1) is 6.92 Å². The number of halogens is 1. The van der Waals surface area contributed by atoms with Crippen molar-refractivity contribution in [3.05, 3.63) is 74.5 Å². The Labute approximate surface area is 207 Å². The first-order valence-electron chi connectivity index (χ1n) is 12.5. The van der Waals surface area contributed by atoms with Crippen molar-refractivity contribution in [2.45, 2.75) is 46.1 Å². The van der Waals surface area contributed by atoms with E-state index in [1.807, 2.05) is 24.3 Å². The number of aromatic nitrogens is 1. The standard InChI is InChI=1S/C28H36ClN3O2/c1-3-4-6-26-21(2)25-12-11-24(19-27(25)30-28(26)33)34-18-5-13-31-14-16-32(17-15-31)20-22-7-9-23(29)10-8-22/h7-12,19H,3-6,13-18,20H2,1-2H3,(H,30,33). The van der Waals surface area contributed by atoms with E-state index in [0.717, 1.165) is 97.8 Å². The van der Waals surface area contributed by atoms with Crippen molar-refractivity contribution < 1.29 is 4.74 Å². The zero-order chi connectivity index (χ0) is 23.9. The third-order valence-corrected chi connectivity index (χ3v) is 7.07. The molecule has 0 spiro atoms. The van der Waals surface area contributed by atoms with Crippen molar-refractivity contribution in [1.82, 2.24) is 14.8 Å². The van der Waals surface area contributed by atoms with Gasteiger partial charge in [-0.3, -0.25) is 9.69 Å². The molecule has 6 heteroatoms. The first-order chi connectivity index (χ1) is 16.5. The van der Waals surface area contributed by atoms with Crippen LogP contribution in [-0.4, -0.2) is 54.1 Å². The minimum absolute atomic E-state index is 0.0332. The number of pyridine rings is 1. The van der Waals surface area contributed by atoms with Crippen LogP contribution < -0.4 is 10.3 Å². The van der Waals surface area contributed by atoms with E-state index in [9.17, 15) is 4.79 Å². The number of rotatable bonds is 10. The Morgan fingerprint density at radius 2 is 1.74 bits per heavy atom. The zero-order valence-corrected chi connectivity index (χ0v) is 21.2. The fourth-order valence-electron chi connectivity index (χ4n) is 4.73. The van der Waals surface area contributed by atoms with Gasteiger partial charge in [0.25, 0.3) is 5.56 Å². The van der Waals surface area contributed by atoms with Crippen LogP contribution in [0.1, 0.15) is 42.9 Å². The summed E-state index contributed by atoms with van der Waals surface area (Å²) >= 11 is 5.99. The van der Waals surface area contributed by atoms with Crippen LogP contribution in [0.5, 0.6) is 5.75 Å². The van der Waals surface area contributed by atoms with Gasteiger partial charge < -0.3 is 14.6 Å². The molecule has 4 rings (SSSR count). The summed E-state index contributed by atoms with van der Waals surface area (Å²) in [6.07, 6.45) is 3.94. The van der Waals surface area contributed by atoms with Crippen LogP contribution in [0.15, 0.2) is 47.3 Å². The van der Waals surface area contributed by atoms with Gasteiger partial charge in [0.1, 0.15) is 5.75 Å². The highest BCUT2D eigenvalue weighted by Gasteiger charge is 2.16. The summed E-state index contributed by atoms with van der Waals surface area (Å²) in [5.41, 5.74) is 4.21. The summed E-state index contributed by atoms with van der Waals surface area (Å²) in [6, 6.07) is 14.2. The van der Waals surface area contributed by atoms with Gasteiger partial charge in [0.05, 0.1) is 12.1 Å². The van der Waals surface area contributed by atoms with Crippen molar-refractivity contribution in [2.75, 3.05) is 39.3 Å². The second kappa shape index (κ2) is 11.9. The zero-order valence-electron chi connectivity index (χ0n) is 20.4. The Morgan fingerprint density at radius 1 is 1.00 bits per heavy atom. The lowest BCUT2D eigenvalue weighted by molar-refractivity contribution is 0.121. The van der Waals surface area contributed by atoms with Gasteiger partial charge in [-0.2, -0.15) is 0 Å². The summed E-state index contributed by atoms with van der Waals surface area (Å²) in [6.45, 7) is 11.2. The number of aromatic amines is 1. The smallest absolute Gasteiger partial charge is 0.251 e. The Morgan fingerprint density at radius 3 is 2.47 bits per heavy atom. The second-order valence-electron chi connectivity index (χ2n) is 9.31. The van der Waals surface area contributed by atoms with Gasteiger partial charge in [-0.15, -0.1) is 0 Å². The molecule has 3 aromatic rings. The van der Waals surface area contributed by atoms with E-state index in [4.69, 9.17) is 16.3 Å². The van der Waals surface area contributed by atoms with Crippen molar-refractivity contribution in [3.8, 4) is 5.75 Å². The molecule has 0 radical (unpaired) electrons. The minimum atomic E-state index is 0.0332. The maximum Gasteiger partial charge on any atom is 0.251 e. The molecule has 0 amide bonds. The van der Waals surface area contributed by atoms with E-state index in [0.29, 0.717) is 6.61 Å². The van der Waals surface area contributed by atoms with E-state index in [-0.39, 0.29) is 5.56 Å². The molecule has 2 aromatic carbocycles. The van der Waals surface area contributed by atoms with Gasteiger partial charge in [-0.1, -0.05) is 37.1 Å². The van der Waals surface area contributed by atoms with Crippen LogP contribution in [0.2, 0.25) is 5.02 Å². The fourth-order valence-corrected chi connectivity index (χ4v) is 4.85. The second-order valence-corrected chi connectivity index (χ2v) is 9.75. The molecule has 1 N–H and O–H groups in total. The highest BCUT2D eigenvalue weighted by atomic mass is 35.5. The van der Waals surface area contributed by atoms with Crippen molar-refractivity contribution in [3.63, 3.8) is 0 Å². The third-order valence-electron chi connectivity index (χ3n) is 6.82. The summed E-state index contributed by atoms with van der Waals surface area (Å²) in [7, 11) is 0. The van der Waals surface area contributed by atoms with Crippen LogP contribution in [0.25, 0.3) is 10.9 Å². The largest absolute Gasteiger partial charge is 0.493 e. The normalized spacial score (nSPS) is 15.1. The molecule has 34 heavy (non-hydrogen) atoms. The monoisotopic (exact) mass is 481 g/mol. The fraction of sp³-hybridized carbons (Fsp3) is 0.464. The van der Waals surface area contributed by atoms with Crippen LogP contribution in [0.4, 0.5) is 0 Å². The Hall–Kier alpha value is -2.34. The lowest BCUT2D eigenvalue weighted by Gasteiger charge is -2.34. The van der Waals surface area contributed by atoms with Gasteiger partial charge in [0.2, 0.25) is 0 Å². The van der Waals surface area contributed by atoms with Crippen LogP contribution in [-0.2, 0) is 13.0 Å². The molecule has 1 aromatic heterocycles.